The van der Waals surface area contributed by atoms with E-state index in [2.05, 4.69) is 22.3 Å². The van der Waals surface area contributed by atoms with Crippen molar-refractivity contribution in [2.24, 2.45) is 0 Å². The Hall–Kier alpha value is -1.71. The van der Waals surface area contributed by atoms with Crippen molar-refractivity contribution >= 4 is 17.3 Å². The topological polar surface area (TPSA) is 35.6 Å². The minimum atomic E-state index is 0.211. The van der Waals surface area contributed by atoms with Crippen molar-refractivity contribution in [1.29, 1.82) is 0 Å². The number of nitrogens with zero attached hydrogens (tertiary/aromatic N) is 2. The number of anilines is 2. The zero-order chi connectivity index (χ0) is 14.3. The lowest BCUT2D eigenvalue weighted by Crippen LogP contribution is -2.31. The molecule has 0 spiro atoms. The highest BCUT2D eigenvalue weighted by Gasteiger charge is 2.08. The van der Waals surface area contributed by atoms with Gasteiger partial charge >= 0.3 is 0 Å². The van der Waals surface area contributed by atoms with E-state index in [9.17, 15) is 4.79 Å². The van der Waals surface area contributed by atoms with Crippen LogP contribution in [-0.4, -0.2) is 44.5 Å². The van der Waals surface area contributed by atoms with Crippen molar-refractivity contribution in [3.8, 4) is 0 Å². The smallest absolute Gasteiger partial charge is 0.224 e. The second-order valence-electron chi connectivity index (χ2n) is 4.68. The van der Waals surface area contributed by atoms with Crippen molar-refractivity contribution in [3.05, 3.63) is 24.3 Å². The first-order valence-electron chi connectivity index (χ1n) is 6.87. The molecule has 0 aliphatic carbocycles. The molecule has 0 saturated heterocycles. The van der Waals surface area contributed by atoms with Crippen molar-refractivity contribution < 1.29 is 4.79 Å². The summed E-state index contributed by atoms with van der Waals surface area (Å²) in [4.78, 5) is 15.7. The van der Waals surface area contributed by atoms with Gasteiger partial charge in [0.1, 0.15) is 0 Å². The Morgan fingerprint density at radius 2 is 1.68 bits per heavy atom. The highest BCUT2D eigenvalue weighted by molar-refractivity contribution is 5.76. The van der Waals surface area contributed by atoms with E-state index in [0.29, 0.717) is 13.0 Å². The molecule has 1 aromatic carbocycles. The van der Waals surface area contributed by atoms with Crippen LogP contribution in [0, 0.1) is 0 Å². The van der Waals surface area contributed by atoms with Gasteiger partial charge in [-0.2, -0.15) is 0 Å². The maximum atomic E-state index is 11.8. The van der Waals surface area contributed by atoms with E-state index < -0.39 is 0 Å². The van der Waals surface area contributed by atoms with Crippen molar-refractivity contribution in [2.75, 3.05) is 43.9 Å². The molecule has 0 saturated carbocycles. The van der Waals surface area contributed by atoms with Gasteiger partial charge in [-0.15, -0.1) is 0 Å². The lowest BCUT2D eigenvalue weighted by molar-refractivity contribution is -0.130. The van der Waals surface area contributed by atoms with Crippen LogP contribution in [0.15, 0.2) is 24.3 Å². The Morgan fingerprint density at radius 1 is 1.11 bits per heavy atom. The summed E-state index contributed by atoms with van der Waals surface area (Å²) in [6, 6.07) is 8.21. The highest BCUT2D eigenvalue weighted by atomic mass is 16.2. The van der Waals surface area contributed by atoms with Crippen LogP contribution in [-0.2, 0) is 4.79 Å². The first kappa shape index (κ1) is 15.3. The summed E-state index contributed by atoms with van der Waals surface area (Å²) in [6.45, 7) is 6.26. The molecule has 0 atom stereocenters. The van der Waals surface area contributed by atoms with Gasteiger partial charge in [0.05, 0.1) is 0 Å². The molecule has 1 amide bonds. The number of benzene rings is 1. The third-order valence-electron chi connectivity index (χ3n) is 3.17. The summed E-state index contributed by atoms with van der Waals surface area (Å²) >= 11 is 0. The SMILES string of the molecule is CCN(CC)C(=O)CCNc1ccc(N(C)C)cc1. The van der Waals surface area contributed by atoms with Crippen LogP contribution >= 0.6 is 0 Å². The molecule has 0 heterocycles. The Bertz CT molecular complexity index is 383. The number of rotatable bonds is 7. The van der Waals surface area contributed by atoms with E-state index in [0.717, 1.165) is 18.8 Å². The summed E-state index contributed by atoms with van der Waals surface area (Å²) in [7, 11) is 4.04. The fourth-order valence-electron chi connectivity index (χ4n) is 1.93. The first-order chi connectivity index (χ1) is 9.08. The molecular weight excluding hydrogens is 238 g/mol. The van der Waals surface area contributed by atoms with Gasteiger partial charge in [0.15, 0.2) is 0 Å². The fourth-order valence-corrected chi connectivity index (χ4v) is 1.93. The highest BCUT2D eigenvalue weighted by Crippen LogP contribution is 2.15. The molecule has 4 heteroatoms. The second kappa shape index (κ2) is 7.67. The molecule has 0 aliphatic heterocycles. The van der Waals surface area contributed by atoms with Crippen LogP contribution < -0.4 is 10.2 Å². The average Bonchev–Trinajstić information content (AvgIpc) is 2.40. The van der Waals surface area contributed by atoms with Gasteiger partial charge in [-0.1, -0.05) is 0 Å². The quantitative estimate of drug-likeness (QED) is 0.820. The van der Waals surface area contributed by atoms with Crippen LogP contribution in [0.25, 0.3) is 0 Å². The maximum Gasteiger partial charge on any atom is 0.224 e. The molecule has 0 bridgehead atoms. The van der Waals surface area contributed by atoms with Crippen LogP contribution in [0.5, 0.6) is 0 Å². The number of amides is 1. The second-order valence-corrected chi connectivity index (χ2v) is 4.68. The third-order valence-corrected chi connectivity index (χ3v) is 3.17. The number of hydrogen-bond donors (Lipinski definition) is 1. The van der Waals surface area contributed by atoms with E-state index in [-0.39, 0.29) is 5.91 Å². The Labute approximate surface area is 116 Å². The molecule has 0 radical (unpaired) electrons. The minimum absolute atomic E-state index is 0.211. The van der Waals surface area contributed by atoms with Crippen molar-refractivity contribution in [1.82, 2.24) is 4.90 Å². The largest absolute Gasteiger partial charge is 0.385 e. The molecule has 106 valence electrons. The van der Waals surface area contributed by atoms with E-state index in [1.54, 1.807) is 0 Å². The number of hydrogen-bond acceptors (Lipinski definition) is 3. The molecule has 0 aromatic heterocycles. The van der Waals surface area contributed by atoms with Gasteiger partial charge < -0.3 is 15.1 Å². The molecule has 1 aromatic rings. The molecule has 1 rings (SSSR count). The van der Waals surface area contributed by atoms with Gasteiger partial charge in [-0.05, 0) is 38.1 Å². The maximum absolute atomic E-state index is 11.8. The molecule has 19 heavy (non-hydrogen) atoms. The van der Waals surface area contributed by atoms with E-state index in [4.69, 9.17) is 0 Å². The predicted molar refractivity (Wildman–Crippen MR) is 81.8 cm³/mol. The summed E-state index contributed by atoms with van der Waals surface area (Å²) in [5.41, 5.74) is 2.22. The van der Waals surface area contributed by atoms with E-state index >= 15 is 0 Å². The lowest BCUT2D eigenvalue weighted by atomic mass is 10.2. The Kier molecular flexibility index (Phi) is 6.19. The molecule has 4 nitrogen and oxygen atoms in total. The van der Waals surface area contributed by atoms with Crippen molar-refractivity contribution in [3.63, 3.8) is 0 Å². The van der Waals surface area contributed by atoms with Crippen molar-refractivity contribution in [2.45, 2.75) is 20.3 Å². The van der Waals surface area contributed by atoms with Crippen LogP contribution in [0.2, 0.25) is 0 Å². The molecule has 0 aliphatic rings. The number of carbonyl (C=O) groups excluding carboxylic acids is 1. The number of carbonyl (C=O) groups is 1. The van der Waals surface area contributed by atoms with E-state index in [1.165, 1.54) is 5.69 Å². The van der Waals surface area contributed by atoms with Gasteiger partial charge in [0.2, 0.25) is 5.91 Å². The predicted octanol–water partition coefficient (Wildman–Crippen LogP) is 2.42. The summed E-state index contributed by atoms with van der Waals surface area (Å²) in [5.74, 6) is 0.211. The third kappa shape index (κ3) is 4.81. The normalized spacial score (nSPS) is 10.1. The minimum Gasteiger partial charge on any atom is -0.385 e. The summed E-state index contributed by atoms with van der Waals surface area (Å²) in [5, 5.41) is 3.28. The summed E-state index contributed by atoms with van der Waals surface area (Å²) in [6.07, 6.45) is 0.539. The van der Waals surface area contributed by atoms with Gasteiger partial charge in [-0.3, -0.25) is 4.79 Å². The zero-order valence-electron chi connectivity index (χ0n) is 12.4. The standard InChI is InChI=1S/C15H25N3O/c1-5-18(6-2)15(19)11-12-16-13-7-9-14(10-8-13)17(3)4/h7-10,16H,5-6,11-12H2,1-4H3. The van der Waals surface area contributed by atoms with Gasteiger partial charge in [0, 0.05) is 51.5 Å². The molecule has 0 fully saturated rings. The van der Waals surface area contributed by atoms with Crippen LogP contribution in [0.1, 0.15) is 20.3 Å². The first-order valence-corrected chi connectivity index (χ1v) is 6.87. The molecular formula is C15H25N3O. The summed E-state index contributed by atoms with van der Waals surface area (Å²) < 4.78 is 0. The van der Waals surface area contributed by atoms with Gasteiger partial charge in [-0.25, -0.2) is 0 Å². The van der Waals surface area contributed by atoms with Gasteiger partial charge in [0.25, 0.3) is 0 Å². The van der Waals surface area contributed by atoms with Crippen LogP contribution in [0.4, 0.5) is 11.4 Å². The monoisotopic (exact) mass is 263 g/mol. The van der Waals surface area contributed by atoms with E-state index in [1.807, 2.05) is 45.0 Å². The average molecular weight is 263 g/mol. The Balaban J connectivity index is 2.39. The fraction of sp³-hybridized carbons (Fsp3) is 0.533. The van der Waals surface area contributed by atoms with Crippen LogP contribution in [0.3, 0.4) is 0 Å². The number of nitrogens with one attached hydrogen (secondary N) is 1. The Morgan fingerprint density at radius 3 is 2.16 bits per heavy atom. The zero-order valence-corrected chi connectivity index (χ0v) is 12.4. The molecule has 0 unspecified atom stereocenters. The lowest BCUT2D eigenvalue weighted by Gasteiger charge is -2.19. The molecule has 1 N–H and O–H groups in total.